The van der Waals surface area contributed by atoms with Crippen LogP contribution >= 0.6 is 0 Å². The Labute approximate surface area is 143 Å². The molecule has 3 rings (SSSR count). The van der Waals surface area contributed by atoms with Gasteiger partial charge in [0.15, 0.2) is 0 Å². The molecular weight excluding hydrogens is 323 g/mol. The van der Waals surface area contributed by atoms with Crippen molar-refractivity contribution in [2.45, 2.75) is 13.5 Å². The molecule has 0 aliphatic heterocycles. The minimum atomic E-state index is -0.580. The van der Waals surface area contributed by atoms with Crippen molar-refractivity contribution in [1.29, 1.82) is 0 Å². The number of anilines is 1. The Balaban J connectivity index is 1.84. The van der Waals surface area contributed by atoms with E-state index in [1.54, 1.807) is 37.4 Å². The van der Waals surface area contributed by atoms with E-state index in [2.05, 4.69) is 15.3 Å². The predicted octanol–water partition coefficient (Wildman–Crippen LogP) is 2.39. The maximum Gasteiger partial charge on any atom is 0.263 e. The van der Waals surface area contributed by atoms with Crippen LogP contribution < -0.4 is 10.9 Å². The van der Waals surface area contributed by atoms with Crippen molar-refractivity contribution >= 4 is 11.9 Å². The molecule has 0 aliphatic carbocycles. The second-order valence-electron chi connectivity index (χ2n) is 5.46. The second kappa shape index (κ2) is 7.04. The number of pyridine rings is 1. The molecule has 2 aromatic heterocycles. The van der Waals surface area contributed by atoms with Crippen LogP contribution in [0.3, 0.4) is 0 Å². The Kier molecular flexibility index (Phi) is 4.65. The van der Waals surface area contributed by atoms with Gasteiger partial charge < -0.3 is 4.57 Å². The van der Waals surface area contributed by atoms with E-state index in [9.17, 15) is 14.0 Å². The third-order valence-electron chi connectivity index (χ3n) is 3.55. The molecule has 0 spiro atoms. The summed E-state index contributed by atoms with van der Waals surface area (Å²) in [5.74, 6) is -0.787. The number of amides is 1. The highest BCUT2D eigenvalue weighted by atomic mass is 19.1. The van der Waals surface area contributed by atoms with Gasteiger partial charge in [-0.15, -0.1) is 0 Å². The fourth-order valence-corrected chi connectivity index (χ4v) is 2.30. The first-order chi connectivity index (χ1) is 12.0. The van der Waals surface area contributed by atoms with Gasteiger partial charge in [0.05, 0.1) is 6.54 Å². The van der Waals surface area contributed by atoms with Crippen LogP contribution in [0, 0.1) is 12.7 Å². The minimum absolute atomic E-state index is 0.0188. The number of aromatic nitrogens is 3. The Morgan fingerprint density at radius 2 is 1.96 bits per heavy atom. The highest BCUT2D eigenvalue weighted by molar-refractivity contribution is 6.03. The largest absolute Gasteiger partial charge is 0.310 e. The van der Waals surface area contributed by atoms with Gasteiger partial charge in [0.25, 0.3) is 11.5 Å². The van der Waals surface area contributed by atoms with Crippen LogP contribution in [0.1, 0.15) is 21.6 Å². The van der Waals surface area contributed by atoms with Crippen molar-refractivity contribution in [3.05, 3.63) is 87.9 Å². The van der Waals surface area contributed by atoms with Gasteiger partial charge in [0.1, 0.15) is 11.4 Å². The topological polar surface area (TPSA) is 76.9 Å². The molecule has 1 amide bonds. The fourth-order valence-electron chi connectivity index (χ4n) is 2.30. The molecule has 0 saturated heterocycles. The summed E-state index contributed by atoms with van der Waals surface area (Å²) in [5, 5.41) is 2.51. The molecule has 126 valence electrons. The van der Waals surface area contributed by atoms with Crippen LogP contribution in [0.25, 0.3) is 0 Å². The molecule has 1 N–H and O–H groups in total. The molecule has 0 unspecified atom stereocenters. The van der Waals surface area contributed by atoms with Gasteiger partial charge in [-0.25, -0.2) is 14.4 Å². The molecule has 25 heavy (non-hydrogen) atoms. The number of aryl methyl sites for hydroxylation is 1. The predicted molar refractivity (Wildman–Crippen MR) is 90.9 cm³/mol. The smallest absolute Gasteiger partial charge is 0.263 e. The summed E-state index contributed by atoms with van der Waals surface area (Å²) < 4.78 is 14.4. The van der Waals surface area contributed by atoms with Crippen molar-refractivity contribution in [2.24, 2.45) is 0 Å². The Morgan fingerprint density at radius 1 is 1.20 bits per heavy atom. The van der Waals surface area contributed by atoms with E-state index >= 15 is 0 Å². The number of carbonyl (C=O) groups excluding carboxylic acids is 1. The third kappa shape index (κ3) is 3.95. The minimum Gasteiger partial charge on any atom is -0.310 e. The normalized spacial score (nSPS) is 10.5. The van der Waals surface area contributed by atoms with E-state index < -0.39 is 11.5 Å². The lowest BCUT2D eigenvalue weighted by molar-refractivity contribution is 0.102. The number of rotatable bonds is 4. The van der Waals surface area contributed by atoms with Gasteiger partial charge in [-0.3, -0.25) is 14.9 Å². The number of hydrogen-bond donors (Lipinski definition) is 1. The molecule has 6 nitrogen and oxygen atoms in total. The van der Waals surface area contributed by atoms with Crippen LogP contribution in [-0.4, -0.2) is 20.4 Å². The van der Waals surface area contributed by atoms with Crippen LogP contribution in [0.15, 0.2) is 59.7 Å². The number of carbonyl (C=O) groups is 1. The number of hydrogen-bond acceptors (Lipinski definition) is 4. The van der Waals surface area contributed by atoms with Gasteiger partial charge in [0, 0.05) is 18.1 Å². The third-order valence-corrected chi connectivity index (χ3v) is 3.55. The van der Waals surface area contributed by atoms with Crippen LogP contribution in [0.4, 0.5) is 10.3 Å². The van der Waals surface area contributed by atoms with Crippen molar-refractivity contribution in [3.63, 3.8) is 0 Å². The van der Waals surface area contributed by atoms with Gasteiger partial charge in [-0.1, -0.05) is 12.1 Å². The molecule has 3 aromatic rings. The summed E-state index contributed by atoms with van der Waals surface area (Å²) in [4.78, 5) is 32.9. The van der Waals surface area contributed by atoms with Crippen LogP contribution in [0.5, 0.6) is 0 Å². The first-order valence-corrected chi connectivity index (χ1v) is 7.58. The lowest BCUT2D eigenvalue weighted by Gasteiger charge is -2.08. The van der Waals surface area contributed by atoms with Gasteiger partial charge in [-0.05, 0) is 42.8 Å². The molecule has 0 atom stereocenters. The highest BCUT2D eigenvalue weighted by Crippen LogP contribution is 2.06. The van der Waals surface area contributed by atoms with Crippen molar-refractivity contribution < 1.29 is 9.18 Å². The van der Waals surface area contributed by atoms with Crippen molar-refractivity contribution in [3.8, 4) is 0 Å². The van der Waals surface area contributed by atoms with Crippen molar-refractivity contribution in [1.82, 2.24) is 14.5 Å². The monoisotopic (exact) mass is 338 g/mol. The Hall–Kier alpha value is -3.35. The van der Waals surface area contributed by atoms with E-state index in [1.165, 1.54) is 29.0 Å². The van der Waals surface area contributed by atoms with E-state index in [4.69, 9.17) is 0 Å². The van der Waals surface area contributed by atoms with E-state index in [0.717, 1.165) is 5.56 Å². The standard InChI is InChI=1S/C18H15FN4O2/c1-12-8-9-20-18(21-12)22-16(24)15-3-2-10-23(17(15)25)11-13-4-6-14(19)7-5-13/h2-10H,11H2,1H3,(H,20,21,22,24). The summed E-state index contributed by atoms with van der Waals surface area (Å²) in [7, 11) is 0. The summed E-state index contributed by atoms with van der Waals surface area (Å²) >= 11 is 0. The quantitative estimate of drug-likeness (QED) is 0.792. The Bertz CT molecular complexity index is 967. The zero-order valence-corrected chi connectivity index (χ0v) is 13.4. The lowest BCUT2D eigenvalue weighted by Crippen LogP contribution is -2.29. The maximum absolute atomic E-state index is 13.0. The zero-order valence-electron chi connectivity index (χ0n) is 13.4. The van der Waals surface area contributed by atoms with Crippen LogP contribution in [0.2, 0.25) is 0 Å². The van der Waals surface area contributed by atoms with Crippen LogP contribution in [-0.2, 0) is 6.54 Å². The number of halogens is 1. The van der Waals surface area contributed by atoms with E-state index in [1.807, 2.05) is 0 Å². The van der Waals surface area contributed by atoms with E-state index in [0.29, 0.717) is 5.69 Å². The first kappa shape index (κ1) is 16.5. The van der Waals surface area contributed by atoms with E-state index in [-0.39, 0.29) is 23.9 Å². The molecule has 0 radical (unpaired) electrons. The summed E-state index contributed by atoms with van der Waals surface area (Å²) in [6.07, 6.45) is 3.10. The maximum atomic E-state index is 13.0. The van der Waals surface area contributed by atoms with Gasteiger partial charge >= 0.3 is 0 Å². The first-order valence-electron chi connectivity index (χ1n) is 7.58. The molecule has 0 saturated carbocycles. The SMILES string of the molecule is Cc1ccnc(NC(=O)c2cccn(Cc3ccc(F)cc3)c2=O)n1. The number of benzene rings is 1. The fraction of sp³-hybridized carbons (Fsp3) is 0.111. The van der Waals surface area contributed by atoms with Gasteiger partial charge in [-0.2, -0.15) is 0 Å². The number of nitrogens with one attached hydrogen (secondary N) is 1. The highest BCUT2D eigenvalue weighted by Gasteiger charge is 2.13. The summed E-state index contributed by atoms with van der Waals surface area (Å²) in [6, 6.07) is 10.6. The molecule has 7 heteroatoms. The molecule has 1 aromatic carbocycles. The molecule has 2 heterocycles. The second-order valence-corrected chi connectivity index (χ2v) is 5.46. The molecule has 0 fully saturated rings. The van der Waals surface area contributed by atoms with Gasteiger partial charge in [0.2, 0.25) is 5.95 Å². The van der Waals surface area contributed by atoms with Crippen molar-refractivity contribution in [2.75, 3.05) is 5.32 Å². The number of nitrogens with zero attached hydrogens (tertiary/aromatic N) is 3. The average molecular weight is 338 g/mol. The Morgan fingerprint density at radius 3 is 2.68 bits per heavy atom. The molecular formula is C18H15FN4O2. The summed E-state index contributed by atoms with van der Waals surface area (Å²) in [6.45, 7) is 2.01. The molecule has 0 bridgehead atoms. The lowest BCUT2D eigenvalue weighted by atomic mass is 10.2. The average Bonchev–Trinajstić information content (AvgIpc) is 2.58. The summed E-state index contributed by atoms with van der Waals surface area (Å²) in [5.41, 5.74) is 0.988. The zero-order chi connectivity index (χ0) is 17.8. The molecule has 0 aliphatic rings.